The molecule has 4 heteroatoms. The van der Waals surface area contributed by atoms with Gasteiger partial charge in [0.25, 0.3) is 0 Å². The molecule has 0 aliphatic rings. The molecule has 0 aliphatic carbocycles. The number of hydrogen-bond donors (Lipinski definition) is 0. The molecular formula is C12H16O3S. The smallest absolute Gasteiger partial charge is 0.268 e. The molecule has 0 fully saturated rings. The van der Waals surface area contributed by atoms with Crippen molar-refractivity contribution in [3.63, 3.8) is 0 Å². The van der Waals surface area contributed by atoms with Gasteiger partial charge in [0.1, 0.15) is 0 Å². The Labute approximate surface area is 99.0 Å². The predicted octanol–water partition coefficient (Wildman–Crippen LogP) is 2.42. The molecule has 0 spiro atoms. The summed E-state index contributed by atoms with van der Waals surface area (Å²) in [5.41, 5.74) is 1.15. The van der Waals surface area contributed by atoms with E-state index < -0.39 is 11.4 Å². The monoisotopic (exact) mass is 240 g/mol. The standard InChI is InChI=1S/C12H16O3S/c1-3-11(2)15-16(13)14-10-9-12-7-5-4-6-8-12/h3-8,11H,1,9-10H2,2H3. The third kappa shape index (κ3) is 5.21. The van der Waals surface area contributed by atoms with Gasteiger partial charge in [-0.2, -0.15) is 4.21 Å². The minimum absolute atomic E-state index is 0.266. The molecule has 1 aromatic rings. The minimum Gasteiger partial charge on any atom is -0.268 e. The van der Waals surface area contributed by atoms with Gasteiger partial charge < -0.3 is 0 Å². The molecule has 0 aromatic heterocycles. The summed E-state index contributed by atoms with van der Waals surface area (Å²) in [6.45, 7) is 5.66. The van der Waals surface area contributed by atoms with E-state index in [0.717, 1.165) is 12.0 Å². The van der Waals surface area contributed by atoms with Crippen LogP contribution in [0.15, 0.2) is 43.0 Å². The molecular weight excluding hydrogens is 224 g/mol. The van der Waals surface area contributed by atoms with Gasteiger partial charge in [-0.1, -0.05) is 36.4 Å². The highest BCUT2D eigenvalue weighted by atomic mass is 32.2. The molecule has 3 nitrogen and oxygen atoms in total. The molecule has 0 heterocycles. The van der Waals surface area contributed by atoms with Crippen LogP contribution in [0.25, 0.3) is 0 Å². The van der Waals surface area contributed by atoms with Crippen molar-refractivity contribution in [1.29, 1.82) is 0 Å². The molecule has 0 aliphatic heterocycles. The zero-order valence-electron chi connectivity index (χ0n) is 9.30. The summed E-state index contributed by atoms with van der Waals surface area (Å²) >= 11 is -1.69. The van der Waals surface area contributed by atoms with Gasteiger partial charge in [-0.05, 0) is 18.9 Å². The van der Waals surface area contributed by atoms with Gasteiger partial charge in [0.15, 0.2) is 0 Å². The predicted molar refractivity (Wildman–Crippen MR) is 65.0 cm³/mol. The van der Waals surface area contributed by atoms with Crippen molar-refractivity contribution in [2.45, 2.75) is 19.4 Å². The Morgan fingerprint density at radius 1 is 1.44 bits per heavy atom. The van der Waals surface area contributed by atoms with Gasteiger partial charge in [0.05, 0.1) is 12.7 Å². The van der Waals surface area contributed by atoms with Gasteiger partial charge in [0.2, 0.25) is 0 Å². The van der Waals surface area contributed by atoms with E-state index in [1.54, 1.807) is 13.0 Å². The Bertz CT molecular complexity index is 337. The van der Waals surface area contributed by atoms with Crippen LogP contribution in [-0.2, 0) is 26.1 Å². The second-order valence-corrected chi connectivity index (χ2v) is 4.14. The number of rotatable bonds is 7. The highest BCUT2D eigenvalue weighted by Gasteiger charge is 2.05. The van der Waals surface area contributed by atoms with Gasteiger partial charge in [0, 0.05) is 0 Å². The molecule has 0 radical (unpaired) electrons. The fraction of sp³-hybridized carbons (Fsp3) is 0.333. The van der Waals surface area contributed by atoms with Gasteiger partial charge in [-0.25, -0.2) is 0 Å². The van der Waals surface area contributed by atoms with Crippen LogP contribution in [0, 0.1) is 0 Å². The van der Waals surface area contributed by atoms with Crippen molar-refractivity contribution in [3.05, 3.63) is 48.6 Å². The highest BCUT2D eigenvalue weighted by Crippen LogP contribution is 2.02. The maximum Gasteiger partial charge on any atom is 0.305 e. The van der Waals surface area contributed by atoms with Crippen LogP contribution in [0.1, 0.15) is 12.5 Å². The lowest BCUT2D eigenvalue weighted by molar-refractivity contribution is 0.226. The maximum atomic E-state index is 11.2. The Kier molecular flexibility index (Phi) is 6.00. The van der Waals surface area contributed by atoms with Crippen molar-refractivity contribution < 1.29 is 12.6 Å². The van der Waals surface area contributed by atoms with Gasteiger partial charge >= 0.3 is 11.4 Å². The van der Waals surface area contributed by atoms with E-state index in [1.807, 2.05) is 30.3 Å². The second kappa shape index (κ2) is 7.33. The third-order valence-corrected chi connectivity index (χ3v) is 2.80. The first-order valence-corrected chi connectivity index (χ1v) is 6.11. The van der Waals surface area contributed by atoms with E-state index in [0.29, 0.717) is 6.61 Å². The fourth-order valence-electron chi connectivity index (χ4n) is 1.06. The molecule has 0 bridgehead atoms. The van der Waals surface area contributed by atoms with Crippen LogP contribution in [0.5, 0.6) is 0 Å². The first-order valence-electron chi connectivity index (χ1n) is 5.11. The van der Waals surface area contributed by atoms with Crippen molar-refractivity contribution in [2.75, 3.05) is 6.61 Å². The van der Waals surface area contributed by atoms with Crippen LogP contribution in [0.2, 0.25) is 0 Å². The molecule has 0 saturated heterocycles. The SMILES string of the molecule is C=CC(C)OS(=O)OCCc1ccccc1. The lowest BCUT2D eigenvalue weighted by Gasteiger charge is -2.06. The fourth-order valence-corrected chi connectivity index (χ4v) is 1.66. The number of hydrogen-bond acceptors (Lipinski definition) is 3. The second-order valence-electron chi connectivity index (χ2n) is 3.30. The zero-order chi connectivity index (χ0) is 11.8. The summed E-state index contributed by atoms with van der Waals surface area (Å²) < 4.78 is 21.2. The highest BCUT2D eigenvalue weighted by molar-refractivity contribution is 7.75. The first-order chi connectivity index (χ1) is 7.72. The van der Waals surface area contributed by atoms with Gasteiger partial charge in [-0.3, -0.25) is 8.37 Å². The summed E-state index contributed by atoms with van der Waals surface area (Å²) in [5.74, 6) is 0. The molecule has 0 amide bonds. The average Bonchev–Trinajstić information content (AvgIpc) is 2.30. The summed E-state index contributed by atoms with van der Waals surface area (Å²) in [6.07, 6.45) is 2.02. The maximum absolute atomic E-state index is 11.2. The van der Waals surface area contributed by atoms with E-state index in [4.69, 9.17) is 8.37 Å². The quantitative estimate of drug-likeness (QED) is 0.687. The molecule has 16 heavy (non-hydrogen) atoms. The van der Waals surface area contributed by atoms with E-state index in [-0.39, 0.29) is 6.10 Å². The van der Waals surface area contributed by atoms with E-state index >= 15 is 0 Å². The van der Waals surface area contributed by atoms with Crippen molar-refractivity contribution in [2.24, 2.45) is 0 Å². The van der Waals surface area contributed by atoms with Crippen LogP contribution < -0.4 is 0 Å². The summed E-state index contributed by atoms with van der Waals surface area (Å²) in [4.78, 5) is 0. The molecule has 0 N–H and O–H groups in total. The normalized spacial score (nSPS) is 14.3. The Hall–Kier alpha value is -0.970. The van der Waals surface area contributed by atoms with Crippen molar-refractivity contribution in [3.8, 4) is 0 Å². The lowest BCUT2D eigenvalue weighted by Crippen LogP contribution is -2.11. The summed E-state index contributed by atoms with van der Waals surface area (Å²) in [6, 6.07) is 9.88. The molecule has 2 unspecified atom stereocenters. The van der Waals surface area contributed by atoms with Gasteiger partial charge in [-0.15, -0.1) is 6.58 Å². The topological polar surface area (TPSA) is 35.5 Å². The zero-order valence-corrected chi connectivity index (χ0v) is 10.1. The lowest BCUT2D eigenvalue weighted by atomic mass is 10.2. The van der Waals surface area contributed by atoms with Crippen LogP contribution in [0.3, 0.4) is 0 Å². The van der Waals surface area contributed by atoms with Crippen molar-refractivity contribution >= 4 is 11.4 Å². The average molecular weight is 240 g/mol. The Morgan fingerprint density at radius 3 is 2.75 bits per heavy atom. The molecule has 2 atom stereocenters. The van der Waals surface area contributed by atoms with Crippen molar-refractivity contribution in [1.82, 2.24) is 0 Å². The Balaban J connectivity index is 2.21. The van der Waals surface area contributed by atoms with E-state index in [9.17, 15) is 4.21 Å². The molecule has 1 rings (SSSR count). The van der Waals surface area contributed by atoms with E-state index in [1.165, 1.54) is 0 Å². The first kappa shape index (κ1) is 13.1. The summed E-state index contributed by atoms with van der Waals surface area (Å²) in [7, 11) is 0. The van der Waals surface area contributed by atoms with Crippen LogP contribution in [0.4, 0.5) is 0 Å². The summed E-state index contributed by atoms with van der Waals surface area (Å²) in [5, 5.41) is 0. The molecule has 0 saturated carbocycles. The van der Waals surface area contributed by atoms with Crippen LogP contribution in [-0.4, -0.2) is 16.9 Å². The molecule has 88 valence electrons. The minimum atomic E-state index is -1.69. The third-order valence-electron chi connectivity index (χ3n) is 1.98. The van der Waals surface area contributed by atoms with Crippen LogP contribution >= 0.6 is 0 Å². The Morgan fingerprint density at radius 2 is 2.12 bits per heavy atom. The van der Waals surface area contributed by atoms with E-state index in [2.05, 4.69) is 6.58 Å². The largest absolute Gasteiger partial charge is 0.305 e. The number of benzene rings is 1. The molecule has 1 aromatic carbocycles.